The molecule has 0 amide bonds. The highest BCUT2D eigenvalue weighted by Crippen LogP contribution is 2.33. The van der Waals surface area contributed by atoms with E-state index in [-0.39, 0.29) is 0 Å². The predicted octanol–water partition coefficient (Wildman–Crippen LogP) is 2.83. The summed E-state index contributed by atoms with van der Waals surface area (Å²) in [5.41, 5.74) is 2.81. The molecule has 112 valence electrons. The first-order chi connectivity index (χ1) is 10.2. The van der Waals surface area contributed by atoms with Gasteiger partial charge in [0.2, 0.25) is 0 Å². The number of benzene rings is 1. The van der Waals surface area contributed by atoms with Gasteiger partial charge in [0.05, 0.1) is 15.7 Å². The first-order valence-electron chi connectivity index (χ1n) is 7.50. The van der Waals surface area contributed by atoms with Gasteiger partial charge in [0.1, 0.15) is 0 Å². The fraction of sp³-hybridized carbons (Fsp3) is 0.412. The van der Waals surface area contributed by atoms with Crippen LogP contribution in [0.3, 0.4) is 0 Å². The Balaban J connectivity index is 1.90. The van der Waals surface area contributed by atoms with Crippen LogP contribution in [-0.2, 0) is 24.3 Å². The van der Waals surface area contributed by atoms with Gasteiger partial charge in [-0.3, -0.25) is 0 Å². The molecule has 21 heavy (non-hydrogen) atoms. The van der Waals surface area contributed by atoms with Gasteiger partial charge in [0.25, 0.3) is 0 Å². The molecule has 0 bridgehead atoms. The highest BCUT2D eigenvalue weighted by Gasteiger charge is 2.21. The van der Waals surface area contributed by atoms with Crippen molar-refractivity contribution in [2.24, 2.45) is 7.05 Å². The average Bonchev–Trinajstić information content (AvgIpc) is 2.93. The summed E-state index contributed by atoms with van der Waals surface area (Å²) in [7, 11) is 2.89. The lowest BCUT2D eigenvalue weighted by atomic mass is 9.83. The van der Waals surface area contributed by atoms with E-state index in [0.717, 1.165) is 22.8 Å². The molecule has 1 aromatic carbocycles. The molecular formula is C17H22N2OS. The van der Waals surface area contributed by atoms with Gasteiger partial charge in [-0.15, -0.1) is 0 Å². The van der Waals surface area contributed by atoms with Crippen molar-refractivity contribution in [3.63, 3.8) is 0 Å². The Morgan fingerprint density at radius 2 is 2.19 bits per heavy atom. The van der Waals surface area contributed by atoms with E-state index in [2.05, 4.69) is 17.4 Å². The van der Waals surface area contributed by atoms with Gasteiger partial charge in [-0.25, -0.2) is 4.21 Å². The maximum absolute atomic E-state index is 12.6. The Labute approximate surface area is 128 Å². The van der Waals surface area contributed by atoms with Gasteiger partial charge >= 0.3 is 0 Å². The summed E-state index contributed by atoms with van der Waals surface area (Å²) in [6, 6.07) is 8.31. The summed E-state index contributed by atoms with van der Waals surface area (Å²) in [6.07, 6.45) is 7.44. The fourth-order valence-electron chi connectivity index (χ4n) is 3.19. The van der Waals surface area contributed by atoms with Crippen LogP contribution < -0.4 is 5.32 Å². The number of aryl methyl sites for hydroxylation is 2. The largest absolute Gasteiger partial charge is 0.356 e. The van der Waals surface area contributed by atoms with Crippen molar-refractivity contribution in [2.45, 2.75) is 35.0 Å². The lowest BCUT2D eigenvalue weighted by molar-refractivity contribution is 0.528. The van der Waals surface area contributed by atoms with Crippen LogP contribution in [0.2, 0.25) is 0 Å². The van der Waals surface area contributed by atoms with E-state index in [1.165, 1.54) is 24.0 Å². The first-order valence-corrected chi connectivity index (χ1v) is 8.65. The molecule has 1 aliphatic carbocycles. The third kappa shape index (κ3) is 2.97. The zero-order valence-corrected chi connectivity index (χ0v) is 13.5. The van der Waals surface area contributed by atoms with Gasteiger partial charge < -0.3 is 9.88 Å². The van der Waals surface area contributed by atoms with E-state index in [1.54, 1.807) is 0 Å². The normalized spacial score (nSPS) is 19.2. The van der Waals surface area contributed by atoms with E-state index < -0.39 is 10.8 Å². The molecule has 3 nitrogen and oxygen atoms in total. The van der Waals surface area contributed by atoms with Crippen molar-refractivity contribution in [3.8, 4) is 0 Å². The van der Waals surface area contributed by atoms with E-state index in [1.807, 2.05) is 43.2 Å². The lowest BCUT2D eigenvalue weighted by Gasteiger charge is -2.25. The average molecular weight is 302 g/mol. The third-order valence-electron chi connectivity index (χ3n) is 4.24. The minimum absolute atomic E-state index is 0.595. The number of aromatic nitrogens is 1. The van der Waals surface area contributed by atoms with Crippen molar-refractivity contribution in [1.82, 2.24) is 9.88 Å². The number of likely N-dealkylation sites (N-methyl/N-ethyl adjacent to an activating group) is 1. The molecule has 0 fully saturated rings. The van der Waals surface area contributed by atoms with Gasteiger partial charge in [0.15, 0.2) is 0 Å². The van der Waals surface area contributed by atoms with Gasteiger partial charge in [-0.2, -0.15) is 0 Å². The van der Waals surface area contributed by atoms with Crippen LogP contribution >= 0.6 is 0 Å². The number of hydrogen-bond donors (Lipinski definition) is 1. The zero-order valence-electron chi connectivity index (χ0n) is 12.6. The second-order valence-electron chi connectivity index (χ2n) is 5.79. The molecule has 1 aromatic heterocycles. The van der Waals surface area contributed by atoms with Crippen LogP contribution in [0.15, 0.2) is 46.5 Å². The van der Waals surface area contributed by atoms with Crippen molar-refractivity contribution in [2.75, 3.05) is 13.6 Å². The minimum atomic E-state index is -1.08. The third-order valence-corrected chi connectivity index (χ3v) is 5.59. The van der Waals surface area contributed by atoms with E-state index in [9.17, 15) is 4.21 Å². The molecule has 2 aromatic rings. The first kappa shape index (κ1) is 14.5. The summed E-state index contributed by atoms with van der Waals surface area (Å²) >= 11 is 0. The molecular weight excluding hydrogens is 280 g/mol. The van der Waals surface area contributed by atoms with Gasteiger partial charge in [-0.05, 0) is 61.6 Å². The Morgan fingerprint density at radius 3 is 2.90 bits per heavy atom. The predicted molar refractivity (Wildman–Crippen MR) is 86.1 cm³/mol. The molecule has 0 spiro atoms. The van der Waals surface area contributed by atoms with Crippen LogP contribution in [0, 0.1) is 0 Å². The number of rotatable bonds is 4. The molecule has 3 rings (SSSR count). The van der Waals surface area contributed by atoms with Crippen LogP contribution in [0.5, 0.6) is 0 Å². The molecule has 0 saturated heterocycles. The van der Waals surface area contributed by atoms with Crippen LogP contribution in [0.1, 0.15) is 29.9 Å². The quantitative estimate of drug-likeness (QED) is 0.942. The van der Waals surface area contributed by atoms with Crippen molar-refractivity contribution in [1.29, 1.82) is 0 Å². The number of hydrogen-bond acceptors (Lipinski definition) is 2. The summed E-state index contributed by atoms with van der Waals surface area (Å²) in [5.74, 6) is 0.595. The molecule has 2 atom stereocenters. The highest BCUT2D eigenvalue weighted by atomic mass is 32.2. The smallest absolute Gasteiger partial charge is 0.0865 e. The van der Waals surface area contributed by atoms with Crippen LogP contribution in [-0.4, -0.2) is 22.4 Å². The SMILES string of the molecule is CNC[C@@H]1CCCc2cc(S(=O)c3ccn(C)c3)ccc21. The van der Waals surface area contributed by atoms with Crippen LogP contribution in [0.25, 0.3) is 0 Å². The van der Waals surface area contributed by atoms with Crippen LogP contribution in [0.4, 0.5) is 0 Å². The molecule has 0 radical (unpaired) electrons. The van der Waals surface area contributed by atoms with E-state index >= 15 is 0 Å². The van der Waals surface area contributed by atoms with Crippen molar-refractivity contribution in [3.05, 3.63) is 47.8 Å². The second-order valence-corrected chi connectivity index (χ2v) is 7.27. The zero-order chi connectivity index (χ0) is 14.8. The maximum atomic E-state index is 12.6. The second kappa shape index (κ2) is 6.16. The maximum Gasteiger partial charge on any atom is 0.0865 e. The minimum Gasteiger partial charge on any atom is -0.356 e. The molecule has 1 heterocycles. The Morgan fingerprint density at radius 1 is 1.33 bits per heavy atom. The Hall–Kier alpha value is -1.39. The van der Waals surface area contributed by atoms with Crippen molar-refractivity contribution >= 4 is 10.8 Å². The lowest BCUT2D eigenvalue weighted by Crippen LogP contribution is -2.21. The Kier molecular flexibility index (Phi) is 4.27. The monoisotopic (exact) mass is 302 g/mol. The fourth-order valence-corrected chi connectivity index (χ4v) is 4.35. The molecule has 1 aliphatic rings. The summed E-state index contributed by atoms with van der Waals surface area (Å²) < 4.78 is 14.6. The molecule has 1 unspecified atom stereocenters. The Bertz CT molecular complexity index is 663. The molecule has 1 N–H and O–H groups in total. The number of nitrogens with one attached hydrogen (secondary N) is 1. The van der Waals surface area contributed by atoms with Gasteiger partial charge in [-0.1, -0.05) is 6.07 Å². The van der Waals surface area contributed by atoms with Crippen molar-refractivity contribution < 1.29 is 4.21 Å². The van der Waals surface area contributed by atoms with Gasteiger partial charge in [0, 0.05) is 30.9 Å². The number of nitrogens with zero attached hydrogens (tertiary/aromatic N) is 1. The van der Waals surface area contributed by atoms with E-state index in [4.69, 9.17) is 0 Å². The standard InChI is InChI=1S/C17H22N2OS/c1-18-11-14-5-3-4-13-10-15(6-7-17(13)14)21(20)16-8-9-19(2)12-16/h6-10,12,14,18H,3-5,11H2,1-2H3/t14-,21?/m0/s1. The summed E-state index contributed by atoms with van der Waals surface area (Å²) in [5, 5.41) is 3.28. The molecule has 0 aliphatic heterocycles. The number of fused-ring (bicyclic) bond motifs is 1. The highest BCUT2D eigenvalue weighted by molar-refractivity contribution is 7.85. The summed E-state index contributed by atoms with van der Waals surface area (Å²) in [6.45, 7) is 1.02. The topological polar surface area (TPSA) is 34.0 Å². The summed E-state index contributed by atoms with van der Waals surface area (Å²) in [4.78, 5) is 1.80. The van der Waals surface area contributed by atoms with E-state index in [0.29, 0.717) is 5.92 Å². The molecule has 0 saturated carbocycles. The molecule has 4 heteroatoms.